The monoisotopic (exact) mass is 652 g/mol. The first kappa shape index (κ1) is 11.1. The Morgan fingerprint density at radius 3 is 1.27 bits per heavy atom. The van der Waals surface area contributed by atoms with Gasteiger partial charge in [0, 0.05) is 21.9 Å². The summed E-state index contributed by atoms with van der Waals surface area (Å²) in [6.45, 7) is 0. The number of hydrogen-bond donors (Lipinski definition) is 0. The molecule has 1 aromatic heterocycles. The van der Waals surface area contributed by atoms with Crippen molar-refractivity contribution in [1.82, 2.24) is 0 Å². The Morgan fingerprint density at radius 1 is 0.306 bits per heavy atom. The quantitative estimate of drug-likeness (QED) is 0.172. The first-order chi connectivity index (χ1) is 36.8. The highest BCUT2D eigenvalue weighted by atomic mass is 16.3. The molecule has 10 rings (SSSR count). The number of hydrogen-bond acceptors (Lipinski definition) is 1. The molecule has 0 aliphatic rings. The largest absolute Gasteiger partial charge is 0.455 e. The zero-order valence-electron chi connectivity index (χ0n) is 54.4. The van der Waals surface area contributed by atoms with E-state index in [1.807, 2.05) is 0 Å². The average molecular weight is 653 g/mol. The van der Waals surface area contributed by atoms with Crippen LogP contribution in [0.5, 0.6) is 0 Å². The Labute approximate surface area is 326 Å². The van der Waals surface area contributed by atoms with Crippen LogP contribution in [0, 0.1) is 0 Å². The van der Waals surface area contributed by atoms with Crippen LogP contribution in [-0.4, -0.2) is 0 Å². The third kappa shape index (κ3) is 4.40. The Bertz CT molecular complexity index is 4460. The minimum atomic E-state index is -1.09. The first-order valence-corrected chi connectivity index (χ1v) is 14.4. The molecule has 0 radical (unpaired) electrons. The molecule has 0 saturated heterocycles. The van der Waals surface area contributed by atoms with Crippen molar-refractivity contribution in [2.24, 2.45) is 0 Å². The fourth-order valence-electron chi connectivity index (χ4n) is 5.80. The second kappa shape index (κ2) is 11.1. The van der Waals surface area contributed by atoms with E-state index in [1.165, 1.54) is 0 Å². The fraction of sp³-hybridized carbons (Fsp3) is 0. The molecule has 0 spiro atoms. The van der Waals surface area contributed by atoms with Crippen LogP contribution >= 0.6 is 0 Å². The molecule has 9 aromatic carbocycles. The summed E-state index contributed by atoms with van der Waals surface area (Å²) in [6, 6.07) is -28.5. The summed E-state index contributed by atoms with van der Waals surface area (Å²) in [7, 11) is 0. The fourth-order valence-corrected chi connectivity index (χ4v) is 5.80. The second-order valence-corrected chi connectivity index (χ2v) is 10.5. The Balaban J connectivity index is 1.40. The average Bonchev–Trinajstić information content (AvgIpc) is 4.05. The van der Waals surface area contributed by atoms with E-state index in [4.69, 9.17) is 30.5 Å². The Kier molecular flexibility index (Phi) is 2.50. The van der Waals surface area contributed by atoms with Gasteiger partial charge in [0.15, 0.2) is 0 Å². The number of furan rings is 1. The summed E-state index contributed by atoms with van der Waals surface area (Å²) in [4.78, 5) is 0. The number of benzene rings is 9. The highest BCUT2D eigenvalue weighted by Crippen LogP contribution is 2.45. The topological polar surface area (TPSA) is 13.1 Å². The molecule has 0 aliphatic carbocycles. The third-order valence-electron chi connectivity index (χ3n) is 7.86. The predicted octanol–water partition coefficient (Wildman–Crippen LogP) is 13.7. The number of rotatable bonds is 4. The Morgan fingerprint density at radius 2 is 0.714 bits per heavy atom. The molecule has 49 heavy (non-hydrogen) atoms. The van der Waals surface area contributed by atoms with E-state index < -0.39 is 280 Å². The third-order valence-corrected chi connectivity index (χ3v) is 7.86. The molecule has 0 fully saturated rings. The van der Waals surface area contributed by atoms with Gasteiger partial charge in [0.25, 0.3) is 0 Å². The lowest BCUT2D eigenvalue weighted by Crippen LogP contribution is -1.90. The summed E-state index contributed by atoms with van der Waals surface area (Å²) < 4.78 is 275. The molecule has 1 heteroatoms. The van der Waals surface area contributed by atoms with Gasteiger partial charge in [-0.1, -0.05) is 169 Å². The molecule has 10 aromatic rings. The van der Waals surface area contributed by atoms with Crippen LogP contribution in [-0.2, 0) is 0 Å². The zero-order valence-corrected chi connectivity index (χ0v) is 24.4. The van der Waals surface area contributed by atoms with Gasteiger partial charge in [0.2, 0.25) is 0 Å². The van der Waals surface area contributed by atoms with Crippen LogP contribution in [0.3, 0.4) is 0 Å². The van der Waals surface area contributed by atoms with Crippen molar-refractivity contribution in [2.45, 2.75) is 0 Å². The maximum atomic E-state index is 9.80. The summed E-state index contributed by atoms with van der Waals surface area (Å²) >= 11 is 0. The molecule has 0 saturated carbocycles. The summed E-state index contributed by atoms with van der Waals surface area (Å²) in [6.07, 6.45) is 0. The molecular weight excluding hydrogens is 593 g/mol. The van der Waals surface area contributed by atoms with Crippen molar-refractivity contribution in [3.63, 3.8) is 0 Å². The van der Waals surface area contributed by atoms with Gasteiger partial charge in [-0.2, -0.15) is 0 Å². The van der Waals surface area contributed by atoms with Gasteiger partial charge in [-0.05, 0) is 77.8 Å². The number of fused-ring (bicyclic) bond motifs is 6. The molecule has 0 amide bonds. The van der Waals surface area contributed by atoms with E-state index in [-0.39, 0.29) is 0 Å². The van der Waals surface area contributed by atoms with Crippen molar-refractivity contribution in [1.29, 1.82) is 0 Å². The Hall–Kier alpha value is -6.44. The molecule has 0 atom stereocenters. The van der Waals surface area contributed by atoms with Gasteiger partial charge in [-0.25, -0.2) is 0 Å². The van der Waals surface area contributed by atoms with Crippen molar-refractivity contribution in [3.8, 4) is 44.5 Å². The second-order valence-electron chi connectivity index (χ2n) is 10.5. The van der Waals surface area contributed by atoms with Crippen LogP contribution in [0.2, 0.25) is 0 Å². The highest BCUT2D eigenvalue weighted by Gasteiger charge is 2.18. The standard InChI is InChI=1S/C48H30O/c1-3-13-31(14-4-1)37-21-11-23-43-44-24-12-22-38(48(44)49-47(37)43)35-27-25-34-30-36(28-26-33(34)29-35)46-41-19-9-7-17-39(41)45(32-15-5-2-6-16-32)40-18-8-10-20-42(40)46/h1-30H/i1D,2D,3D,4D,5D,6D,7D,8D,9D,10D,11D,12D,13D,14D,15D,16D,17D,18D,19D,20D,21D,22D,23D,24D,25D,26D,27D,28D,29D,30D. The smallest absolute Gasteiger partial charge is 0.143 e. The normalized spacial score (nSPS) is 20.2. The van der Waals surface area contributed by atoms with Crippen molar-refractivity contribution in [3.05, 3.63) is 181 Å². The lowest BCUT2D eigenvalue weighted by Gasteiger charge is -2.18. The summed E-state index contributed by atoms with van der Waals surface area (Å²) in [5.74, 6) is 0. The lowest BCUT2D eigenvalue weighted by atomic mass is 9.85. The molecule has 0 aliphatic heterocycles. The first-order valence-electron chi connectivity index (χ1n) is 29.4. The van der Waals surface area contributed by atoms with Crippen LogP contribution in [0.1, 0.15) is 41.1 Å². The van der Waals surface area contributed by atoms with Crippen LogP contribution in [0.4, 0.5) is 0 Å². The molecule has 228 valence electrons. The molecular formula is C48H30O. The van der Waals surface area contributed by atoms with Crippen LogP contribution in [0.15, 0.2) is 186 Å². The summed E-state index contributed by atoms with van der Waals surface area (Å²) in [5.41, 5.74) is -7.26. The van der Waals surface area contributed by atoms with E-state index in [0.717, 1.165) is 0 Å². The summed E-state index contributed by atoms with van der Waals surface area (Å²) in [5, 5.41) is -5.55. The lowest BCUT2D eigenvalue weighted by molar-refractivity contribution is 0.671. The van der Waals surface area contributed by atoms with Gasteiger partial charge in [0.05, 0.1) is 41.1 Å². The van der Waals surface area contributed by atoms with Crippen molar-refractivity contribution in [2.75, 3.05) is 0 Å². The zero-order chi connectivity index (χ0) is 58.4. The van der Waals surface area contributed by atoms with E-state index in [1.54, 1.807) is 0 Å². The van der Waals surface area contributed by atoms with E-state index >= 15 is 0 Å². The predicted molar refractivity (Wildman–Crippen MR) is 208 cm³/mol. The van der Waals surface area contributed by atoms with E-state index in [2.05, 4.69) is 0 Å². The van der Waals surface area contributed by atoms with Gasteiger partial charge >= 0.3 is 0 Å². The minimum Gasteiger partial charge on any atom is -0.455 e. The van der Waals surface area contributed by atoms with E-state index in [0.29, 0.717) is 0 Å². The van der Waals surface area contributed by atoms with Crippen molar-refractivity contribution >= 4 is 54.3 Å². The van der Waals surface area contributed by atoms with Crippen LogP contribution in [0.25, 0.3) is 98.8 Å². The van der Waals surface area contributed by atoms with Crippen molar-refractivity contribution < 1.29 is 45.5 Å². The van der Waals surface area contributed by atoms with Gasteiger partial charge in [0.1, 0.15) is 11.2 Å². The molecule has 0 N–H and O–H groups in total. The molecule has 0 bridgehead atoms. The minimum absolute atomic E-state index is 0.525. The molecule has 1 heterocycles. The van der Waals surface area contributed by atoms with Gasteiger partial charge < -0.3 is 4.42 Å². The maximum Gasteiger partial charge on any atom is 0.143 e. The SMILES string of the molecule is [2H]c1c([2H])c([2H])c(-c2c([2H])c([2H])c([2H])c3c2oc2c(-c4c([2H])c([2H])c5c([2H])c(-c6c7c([2H])c([2H])c([2H])c([2H])c7c(-c7c([2H])c([2H])c([2H])c([2H])c7[2H])c7c([2H])c([2H])c([2H])c([2H])c67)c([2H])c([2H])c5c4[2H])c([2H])c([2H])c([2H])c23)c([2H])c1[2H]. The van der Waals surface area contributed by atoms with Gasteiger partial charge in [-0.3, -0.25) is 0 Å². The molecule has 0 unspecified atom stereocenters. The number of para-hydroxylation sites is 2. The maximum absolute atomic E-state index is 9.80. The molecule has 1 nitrogen and oxygen atoms in total. The van der Waals surface area contributed by atoms with Gasteiger partial charge in [-0.15, -0.1) is 0 Å². The van der Waals surface area contributed by atoms with Crippen LogP contribution < -0.4 is 0 Å². The highest BCUT2D eigenvalue weighted by molar-refractivity contribution is 6.22. The van der Waals surface area contributed by atoms with E-state index in [9.17, 15) is 15.1 Å².